The quantitative estimate of drug-likeness (QED) is 0.542. The van der Waals surface area contributed by atoms with Gasteiger partial charge in [-0.05, 0) is 43.5 Å². The molecule has 0 spiro atoms. The van der Waals surface area contributed by atoms with Gasteiger partial charge in [0, 0.05) is 36.6 Å². The molecule has 1 fully saturated rings. The van der Waals surface area contributed by atoms with E-state index in [9.17, 15) is 0 Å². The van der Waals surface area contributed by atoms with Crippen LogP contribution >= 0.6 is 11.3 Å². The molecule has 0 radical (unpaired) electrons. The van der Waals surface area contributed by atoms with Crippen molar-refractivity contribution in [3.8, 4) is 10.6 Å². The first-order chi connectivity index (χ1) is 13.8. The summed E-state index contributed by atoms with van der Waals surface area (Å²) in [6.45, 7) is 4.24. The maximum absolute atomic E-state index is 4.75. The van der Waals surface area contributed by atoms with Crippen LogP contribution in [0.4, 0.5) is 17.3 Å². The molecule has 1 aliphatic heterocycles. The van der Waals surface area contributed by atoms with Crippen LogP contribution in [0, 0.1) is 6.92 Å². The van der Waals surface area contributed by atoms with Crippen molar-refractivity contribution in [3.63, 3.8) is 0 Å². The van der Waals surface area contributed by atoms with E-state index in [-0.39, 0.29) is 0 Å². The first kappa shape index (κ1) is 17.1. The highest BCUT2D eigenvalue weighted by Crippen LogP contribution is 2.34. The van der Waals surface area contributed by atoms with E-state index in [2.05, 4.69) is 44.2 Å². The molecule has 28 heavy (non-hydrogen) atoms. The summed E-state index contributed by atoms with van der Waals surface area (Å²) in [6.07, 6.45) is 5.90. The van der Waals surface area contributed by atoms with Crippen LogP contribution < -0.4 is 10.2 Å². The normalized spacial score (nSPS) is 14.0. The van der Waals surface area contributed by atoms with E-state index < -0.39 is 0 Å². The number of hydrogen-bond acceptors (Lipinski definition) is 7. The fraction of sp³-hybridized carbons (Fsp3) is 0.238. The minimum atomic E-state index is 0.808. The Labute approximate surface area is 167 Å². The monoisotopic (exact) mass is 388 g/mol. The second kappa shape index (κ2) is 7.16. The summed E-state index contributed by atoms with van der Waals surface area (Å²) in [5.41, 5.74) is 4.21. The Balaban J connectivity index is 1.46. The number of benzene rings is 1. The van der Waals surface area contributed by atoms with Crippen LogP contribution in [0.15, 0.2) is 48.9 Å². The van der Waals surface area contributed by atoms with Crippen molar-refractivity contribution in [1.29, 1.82) is 0 Å². The molecule has 6 nitrogen and oxygen atoms in total. The predicted molar refractivity (Wildman–Crippen MR) is 114 cm³/mol. The van der Waals surface area contributed by atoms with Crippen molar-refractivity contribution in [3.05, 3.63) is 54.5 Å². The SMILES string of the molecule is Cc1c(Nc2cc(N3CCCC3)ncn2)cccc1-c1nc2cccnc2s1. The zero-order chi connectivity index (χ0) is 18.9. The summed E-state index contributed by atoms with van der Waals surface area (Å²) in [7, 11) is 0. The molecule has 4 aromatic rings. The number of rotatable bonds is 4. The number of thiazole rings is 1. The van der Waals surface area contributed by atoms with Crippen LogP contribution in [0.25, 0.3) is 20.9 Å². The van der Waals surface area contributed by atoms with E-state index in [4.69, 9.17) is 4.98 Å². The molecule has 0 bridgehead atoms. The summed E-state index contributed by atoms with van der Waals surface area (Å²) in [5, 5.41) is 4.45. The predicted octanol–water partition coefficient (Wildman–Crippen LogP) is 4.80. The first-order valence-corrected chi connectivity index (χ1v) is 10.3. The van der Waals surface area contributed by atoms with Crippen LogP contribution in [0.3, 0.4) is 0 Å². The van der Waals surface area contributed by atoms with E-state index >= 15 is 0 Å². The van der Waals surface area contributed by atoms with Gasteiger partial charge in [-0.1, -0.05) is 23.5 Å². The molecule has 140 valence electrons. The standard InChI is InChI=1S/C21H20N6S/c1-14-15(20-26-17-8-5-9-22-21(17)28-20)6-4-7-16(14)25-18-12-19(24-13-23-18)27-10-2-3-11-27/h4-9,12-13H,2-3,10-11H2,1H3,(H,23,24,25). The number of hydrogen-bond donors (Lipinski definition) is 1. The molecule has 0 amide bonds. The van der Waals surface area contributed by atoms with E-state index in [1.807, 2.05) is 30.5 Å². The molecule has 1 N–H and O–H groups in total. The van der Waals surface area contributed by atoms with Gasteiger partial charge in [0.25, 0.3) is 0 Å². The van der Waals surface area contributed by atoms with Gasteiger partial charge in [-0.2, -0.15) is 0 Å². The summed E-state index contributed by atoms with van der Waals surface area (Å²) in [4.78, 5) is 21.3. The Morgan fingerprint density at radius 1 is 1.04 bits per heavy atom. The number of nitrogens with zero attached hydrogens (tertiary/aromatic N) is 5. The van der Waals surface area contributed by atoms with Crippen LogP contribution in [0.5, 0.6) is 0 Å². The van der Waals surface area contributed by atoms with Gasteiger partial charge in [0.05, 0.1) is 0 Å². The highest BCUT2D eigenvalue weighted by atomic mass is 32.1. The fourth-order valence-corrected chi connectivity index (χ4v) is 4.55. The number of fused-ring (bicyclic) bond motifs is 1. The highest BCUT2D eigenvalue weighted by molar-refractivity contribution is 7.21. The molecule has 1 aromatic carbocycles. The van der Waals surface area contributed by atoms with Crippen LogP contribution in [-0.2, 0) is 0 Å². The van der Waals surface area contributed by atoms with E-state index in [0.717, 1.165) is 56.9 Å². The molecule has 4 heterocycles. The Morgan fingerprint density at radius 2 is 1.93 bits per heavy atom. The van der Waals surface area contributed by atoms with Gasteiger partial charge in [-0.25, -0.2) is 19.9 Å². The number of aromatic nitrogens is 4. The van der Waals surface area contributed by atoms with Gasteiger partial charge < -0.3 is 10.2 Å². The number of nitrogens with one attached hydrogen (secondary N) is 1. The van der Waals surface area contributed by atoms with Crippen molar-refractivity contribution in [2.75, 3.05) is 23.3 Å². The Kier molecular flexibility index (Phi) is 4.37. The second-order valence-corrected chi connectivity index (χ2v) is 7.88. The molecule has 5 rings (SSSR count). The van der Waals surface area contributed by atoms with Gasteiger partial charge in [-0.15, -0.1) is 0 Å². The third-order valence-corrected chi connectivity index (χ3v) is 6.09. The van der Waals surface area contributed by atoms with Gasteiger partial charge >= 0.3 is 0 Å². The zero-order valence-electron chi connectivity index (χ0n) is 15.6. The lowest BCUT2D eigenvalue weighted by Gasteiger charge is -2.17. The van der Waals surface area contributed by atoms with Crippen LogP contribution in [0.2, 0.25) is 0 Å². The summed E-state index contributed by atoms with van der Waals surface area (Å²) < 4.78 is 0. The Bertz CT molecular complexity index is 1100. The minimum absolute atomic E-state index is 0.808. The lowest BCUT2D eigenvalue weighted by atomic mass is 10.1. The summed E-state index contributed by atoms with van der Waals surface area (Å²) in [5.74, 6) is 1.80. The van der Waals surface area contributed by atoms with E-state index in [0.29, 0.717) is 0 Å². The number of anilines is 3. The maximum Gasteiger partial charge on any atom is 0.143 e. The molecule has 0 aliphatic carbocycles. The van der Waals surface area contributed by atoms with Gasteiger partial charge in [0.1, 0.15) is 33.3 Å². The number of pyridine rings is 1. The van der Waals surface area contributed by atoms with Crippen molar-refractivity contribution >= 4 is 39.0 Å². The van der Waals surface area contributed by atoms with Crippen LogP contribution in [0.1, 0.15) is 18.4 Å². The summed E-state index contributed by atoms with van der Waals surface area (Å²) in [6, 6.07) is 12.2. The molecule has 0 saturated carbocycles. The lowest BCUT2D eigenvalue weighted by molar-refractivity contribution is 0.928. The van der Waals surface area contributed by atoms with Crippen molar-refractivity contribution in [2.24, 2.45) is 0 Å². The molecule has 0 atom stereocenters. The molecular formula is C21H20N6S. The van der Waals surface area contributed by atoms with Crippen molar-refractivity contribution in [2.45, 2.75) is 19.8 Å². The maximum atomic E-state index is 4.75. The fourth-order valence-electron chi connectivity index (χ4n) is 3.56. The van der Waals surface area contributed by atoms with E-state index in [1.165, 1.54) is 12.8 Å². The molecule has 0 unspecified atom stereocenters. The molecule has 3 aromatic heterocycles. The highest BCUT2D eigenvalue weighted by Gasteiger charge is 2.15. The average molecular weight is 389 g/mol. The molecule has 1 saturated heterocycles. The molecule has 1 aliphatic rings. The van der Waals surface area contributed by atoms with Crippen molar-refractivity contribution < 1.29 is 0 Å². The van der Waals surface area contributed by atoms with Gasteiger partial charge in [0.15, 0.2) is 0 Å². The molecule has 7 heteroatoms. The lowest BCUT2D eigenvalue weighted by Crippen LogP contribution is -2.19. The molecular weight excluding hydrogens is 368 g/mol. The van der Waals surface area contributed by atoms with Crippen LogP contribution in [-0.4, -0.2) is 33.0 Å². The van der Waals surface area contributed by atoms with Crippen molar-refractivity contribution in [1.82, 2.24) is 19.9 Å². The second-order valence-electron chi connectivity index (χ2n) is 6.91. The Hall–Kier alpha value is -3.06. The summed E-state index contributed by atoms with van der Waals surface area (Å²) >= 11 is 1.62. The Morgan fingerprint density at radius 3 is 2.79 bits per heavy atom. The smallest absolute Gasteiger partial charge is 0.143 e. The topological polar surface area (TPSA) is 66.8 Å². The third kappa shape index (κ3) is 3.18. The zero-order valence-corrected chi connectivity index (χ0v) is 16.4. The third-order valence-electron chi connectivity index (χ3n) is 5.08. The van der Waals surface area contributed by atoms with Gasteiger partial charge in [-0.3, -0.25) is 0 Å². The average Bonchev–Trinajstić information content (AvgIpc) is 3.40. The minimum Gasteiger partial charge on any atom is -0.356 e. The largest absolute Gasteiger partial charge is 0.356 e. The van der Waals surface area contributed by atoms with Gasteiger partial charge in [0.2, 0.25) is 0 Å². The van der Waals surface area contributed by atoms with E-state index in [1.54, 1.807) is 17.7 Å². The first-order valence-electron chi connectivity index (χ1n) is 9.43.